The van der Waals surface area contributed by atoms with E-state index in [1.807, 2.05) is 65.0 Å². The van der Waals surface area contributed by atoms with Gasteiger partial charge >= 0.3 is 0 Å². The molecule has 0 fully saturated rings. The molecule has 1 amide bonds. The molecule has 0 saturated heterocycles. The van der Waals surface area contributed by atoms with Gasteiger partial charge in [-0.2, -0.15) is 0 Å². The molecule has 23 heavy (non-hydrogen) atoms. The Balaban J connectivity index is 2.13. The maximum atomic E-state index is 12.5. The molecule has 0 heterocycles. The van der Waals surface area contributed by atoms with E-state index in [2.05, 4.69) is 11.4 Å². The van der Waals surface area contributed by atoms with Gasteiger partial charge < -0.3 is 10.1 Å². The number of hydrogen-bond donors (Lipinski definition) is 1. The van der Waals surface area contributed by atoms with Gasteiger partial charge in [-0.3, -0.25) is 4.79 Å². The minimum absolute atomic E-state index is 0.113. The van der Waals surface area contributed by atoms with Crippen molar-refractivity contribution in [1.29, 1.82) is 0 Å². The highest BCUT2D eigenvalue weighted by molar-refractivity contribution is 5.94. The van der Waals surface area contributed by atoms with E-state index >= 15 is 0 Å². The van der Waals surface area contributed by atoms with Crippen LogP contribution in [-0.2, 0) is 4.79 Å². The van der Waals surface area contributed by atoms with Crippen molar-refractivity contribution in [2.45, 2.75) is 47.1 Å². The average molecular weight is 311 g/mol. The molecular weight excluding hydrogens is 286 g/mol. The Morgan fingerprint density at radius 1 is 1.00 bits per heavy atom. The van der Waals surface area contributed by atoms with Gasteiger partial charge in [0.25, 0.3) is 5.91 Å². The standard InChI is InChI=1S/C20H25NO2/c1-6-18(23-19-12-13(2)7-8-16(19)5)20(22)21-17-10-14(3)9-15(4)11-17/h7-12,18H,6H2,1-5H3,(H,21,22). The first kappa shape index (κ1) is 17.1. The third kappa shape index (κ3) is 4.59. The molecule has 0 radical (unpaired) electrons. The molecule has 2 rings (SSSR count). The Morgan fingerprint density at radius 2 is 1.65 bits per heavy atom. The maximum absolute atomic E-state index is 12.5. The number of carbonyl (C=O) groups excluding carboxylic acids is 1. The predicted molar refractivity (Wildman–Crippen MR) is 95.2 cm³/mol. The fraction of sp³-hybridized carbons (Fsp3) is 0.350. The molecule has 0 aliphatic heterocycles. The Morgan fingerprint density at radius 3 is 2.26 bits per heavy atom. The van der Waals surface area contributed by atoms with Crippen LogP contribution < -0.4 is 10.1 Å². The van der Waals surface area contributed by atoms with Crippen molar-refractivity contribution in [1.82, 2.24) is 0 Å². The normalized spacial score (nSPS) is 11.9. The molecule has 122 valence electrons. The number of anilines is 1. The van der Waals surface area contributed by atoms with Crippen molar-refractivity contribution in [2.24, 2.45) is 0 Å². The van der Waals surface area contributed by atoms with Gasteiger partial charge in [-0.15, -0.1) is 0 Å². The zero-order chi connectivity index (χ0) is 17.0. The quantitative estimate of drug-likeness (QED) is 0.868. The Bertz CT molecular complexity index is 687. The van der Waals surface area contributed by atoms with E-state index in [0.717, 1.165) is 33.7 Å². The summed E-state index contributed by atoms with van der Waals surface area (Å²) in [4.78, 5) is 12.5. The smallest absolute Gasteiger partial charge is 0.265 e. The highest BCUT2D eigenvalue weighted by Crippen LogP contribution is 2.22. The summed E-state index contributed by atoms with van der Waals surface area (Å²) in [5.74, 6) is 0.658. The molecule has 3 nitrogen and oxygen atoms in total. The van der Waals surface area contributed by atoms with Gasteiger partial charge in [-0.25, -0.2) is 0 Å². The van der Waals surface area contributed by atoms with Crippen LogP contribution in [-0.4, -0.2) is 12.0 Å². The molecule has 0 aliphatic carbocycles. The molecule has 2 aromatic carbocycles. The lowest BCUT2D eigenvalue weighted by Crippen LogP contribution is -2.32. The van der Waals surface area contributed by atoms with E-state index < -0.39 is 6.10 Å². The first-order valence-electron chi connectivity index (χ1n) is 8.02. The summed E-state index contributed by atoms with van der Waals surface area (Å²) in [6.07, 6.45) is 0.112. The van der Waals surface area contributed by atoms with Crippen molar-refractivity contribution in [3.63, 3.8) is 0 Å². The number of carbonyl (C=O) groups is 1. The summed E-state index contributed by atoms with van der Waals surface area (Å²) in [5.41, 5.74) is 5.23. The van der Waals surface area contributed by atoms with E-state index in [9.17, 15) is 4.79 Å². The van der Waals surface area contributed by atoms with Crippen molar-refractivity contribution in [3.8, 4) is 5.75 Å². The van der Waals surface area contributed by atoms with Gasteiger partial charge in [-0.05, 0) is 74.6 Å². The molecule has 0 aromatic heterocycles. The molecule has 0 bridgehead atoms. The number of nitrogens with one attached hydrogen (secondary N) is 1. The fourth-order valence-electron chi connectivity index (χ4n) is 2.58. The summed E-state index contributed by atoms with van der Waals surface area (Å²) in [5, 5.41) is 2.96. The summed E-state index contributed by atoms with van der Waals surface area (Å²) in [6.45, 7) is 10.0. The lowest BCUT2D eigenvalue weighted by Gasteiger charge is -2.19. The van der Waals surface area contributed by atoms with E-state index in [1.165, 1.54) is 0 Å². The number of benzene rings is 2. The molecule has 0 spiro atoms. The topological polar surface area (TPSA) is 38.3 Å². The zero-order valence-electron chi connectivity index (χ0n) is 14.6. The summed E-state index contributed by atoms with van der Waals surface area (Å²) in [6, 6.07) is 12.0. The summed E-state index contributed by atoms with van der Waals surface area (Å²) in [7, 11) is 0. The largest absolute Gasteiger partial charge is 0.480 e. The second-order valence-corrected chi connectivity index (χ2v) is 6.15. The molecule has 3 heteroatoms. The number of rotatable bonds is 5. The summed E-state index contributed by atoms with van der Waals surface area (Å²) < 4.78 is 5.96. The van der Waals surface area contributed by atoms with Gasteiger partial charge in [0.1, 0.15) is 5.75 Å². The van der Waals surface area contributed by atoms with E-state index in [4.69, 9.17) is 4.74 Å². The van der Waals surface area contributed by atoms with Crippen LogP contribution in [0, 0.1) is 27.7 Å². The molecule has 1 atom stereocenters. The van der Waals surface area contributed by atoms with Gasteiger partial charge in [0, 0.05) is 5.69 Å². The van der Waals surface area contributed by atoms with Gasteiger partial charge in [0.2, 0.25) is 0 Å². The van der Waals surface area contributed by atoms with Gasteiger partial charge in [0.05, 0.1) is 0 Å². The van der Waals surface area contributed by atoms with Crippen LogP contribution in [0.2, 0.25) is 0 Å². The minimum Gasteiger partial charge on any atom is -0.480 e. The van der Waals surface area contributed by atoms with Crippen molar-refractivity contribution < 1.29 is 9.53 Å². The first-order valence-corrected chi connectivity index (χ1v) is 8.02. The van der Waals surface area contributed by atoms with E-state index in [-0.39, 0.29) is 5.91 Å². The number of hydrogen-bond acceptors (Lipinski definition) is 2. The van der Waals surface area contributed by atoms with E-state index in [0.29, 0.717) is 6.42 Å². The number of aryl methyl sites for hydroxylation is 4. The van der Waals surface area contributed by atoms with Crippen LogP contribution in [0.5, 0.6) is 5.75 Å². The highest BCUT2D eigenvalue weighted by atomic mass is 16.5. The van der Waals surface area contributed by atoms with Crippen molar-refractivity contribution in [3.05, 3.63) is 58.7 Å². The number of ether oxygens (including phenoxy) is 1. The predicted octanol–water partition coefficient (Wildman–Crippen LogP) is 4.72. The van der Waals surface area contributed by atoms with Crippen LogP contribution in [0.3, 0.4) is 0 Å². The molecule has 2 aromatic rings. The average Bonchev–Trinajstić information content (AvgIpc) is 2.46. The minimum atomic E-state index is -0.503. The second kappa shape index (κ2) is 7.32. The molecule has 1 N–H and O–H groups in total. The van der Waals surface area contributed by atoms with Crippen LogP contribution in [0.15, 0.2) is 36.4 Å². The van der Waals surface area contributed by atoms with Gasteiger partial charge in [-0.1, -0.05) is 25.1 Å². The third-order valence-corrected chi connectivity index (χ3v) is 3.77. The molecule has 0 aliphatic rings. The highest BCUT2D eigenvalue weighted by Gasteiger charge is 2.19. The third-order valence-electron chi connectivity index (χ3n) is 3.77. The van der Waals surface area contributed by atoms with Crippen molar-refractivity contribution >= 4 is 11.6 Å². The maximum Gasteiger partial charge on any atom is 0.265 e. The monoisotopic (exact) mass is 311 g/mol. The molecule has 1 unspecified atom stereocenters. The summed E-state index contributed by atoms with van der Waals surface area (Å²) >= 11 is 0. The van der Waals surface area contributed by atoms with Crippen LogP contribution in [0.1, 0.15) is 35.6 Å². The zero-order valence-corrected chi connectivity index (χ0v) is 14.6. The first-order chi connectivity index (χ1) is 10.9. The number of amides is 1. The van der Waals surface area contributed by atoms with Crippen molar-refractivity contribution in [2.75, 3.05) is 5.32 Å². The molecule has 0 saturated carbocycles. The van der Waals surface area contributed by atoms with Crippen LogP contribution >= 0.6 is 0 Å². The Labute approximate surface area is 138 Å². The lowest BCUT2D eigenvalue weighted by atomic mass is 10.1. The fourth-order valence-corrected chi connectivity index (χ4v) is 2.58. The molecular formula is C20H25NO2. The van der Waals surface area contributed by atoms with Gasteiger partial charge in [0.15, 0.2) is 6.10 Å². The van der Waals surface area contributed by atoms with Crippen LogP contribution in [0.4, 0.5) is 5.69 Å². The SMILES string of the molecule is CCC(Oc1cc(C)ccc1C)C(=O)Nc1cc(C)cc(C)c1. The van der Waals surface area contributed by atoms with Crippen LogP contribution in [0.25, 0.3) is 0 Å². The van der Waals surface area contributed by atoms with E-state index in [1.54, 1.807) is 0 Å². The Kier molecular flexibility index (Phi) is 5.43. The Hall–Kier alpha value is -2.29. The lowest BCUT2D eigenvalue weighted by molar-refractivity contribution is -0.122. The second-order valence-electron chi connectivity index (χ2n) is 6.15.